The van der Waals surface area contributed by atoms with Crippen molar-refractivity contribution in [1.82, 2.24) is 0 Å². The lowest BCUT2D eigenvalue weighted by molar-refractivity contribution is -0.162. The summed E-state index contributed by atoms with van der Waals surface area (Å²) in [6, 6.07) is 0. The molecule has 0 aliphatic heterocycles. The number of carbonyl (C=O) groups excluding carboxylic acids is 2. The Balaban J connectivity index is 4.50. The van der Waals surface area contributed by atoms with E-state index in [4.69, 9.17) is 14.2 Å². The number of rotatable bonds is 41. The van der Waals surface area contributed by atoms with Crippen molar-refractivity contribution in [3.63, 3.8) is 0 Å². The molecule has 0 saturated heterocycles. The summed E-state index contributed by atoms with van der Waals surface area (Å²) in [5.74, 6) is -0.526. The molecule has 0 fully saturated rings. The van der Waals surface area contributed by atoms with E-state index in [1.54, 1.807) is 0 Å². The lowest BCUT2D eigenvalue weighted by Gasteiger charge is -2.18. The molecule has 0 N–H and O–H groups in total. The van der Waals surface area contributed by atoms with Crippen LogP contribution in [0.1, 0.15) is 175 Å². The third-order valence-corrected chi connectivity index (χ3v) is 9.13. The first-order valence-electron chi connectivity index (χ1n) is 23.7. The Kier molecular flexibility index (Phi) is 46.1. The second-order valence-corrected chi connectivity index (χ2v) is 14.9. The molecule has 0 heterocycles. The largest absolute Gasteiger partial charge is 0.462 e. The Morgan fingerprint density at radius 1 is 0.383 bits per heavy atom. The maximum absolute atomic E-state index is 12.7. The fourth-order valence-corrected chi connectivity index (χ4v) is 5.70. The van der Waals surface area contributed by atoms with Crippen molar-refractivity contribution in [2.45, 2.75) is 181 Å². The van der Waals surface area contributed by atoms with Crippen molar-refractivity contribution < 1.29 is 23.8 Å². The molecular weight excluding hydrogens is 741 g/mol. The quantitative estimate of drug-likeness (QED) is 0.0349. The van der Waals surface area contributed by atoms with Crippen molar-refractivity contribution in [3.8, 4) is 0 Å². The number of allylic oxidation sites excluding steroid dienone is 22. The monoisotopic (exact) mass is 827 g/mol. The summed E-state index contributed by atoms with van der Waals surface area (Å²) in [5.41, 5.74) is 0. The van der Waals surface area contributed by atoms with Crippen LogP contribution in [0.5, 0.6) is 0 Å². The van der Waals surface area contributed by atoms with Gasteiger partial charge in [0.15, 0.2) is 6.10 Å². The highest BCUT2D eigenvalue weighted by atomic mass is 16.6. The second kappa shape index (κ2) is 49.4. The van der Waals surface area contributed by atoms with Gasteiger partial charge in [-0.1, -0.05) is 180 Å². The summed E-state index contributed by atoms with van der Waals surface area (Å²) in [7, 11) is 0. The van der Waals surface area contributed by atoms with E-state index >= 15 is 0 Å². The predicted molar refractivity (Wildman–Crippen MR) is 260 cm³/mol. The van der Waals surface area contributed by atoms with Crippen LogP contribution in [-0.4, -0.2) is 37.9 Å². The van der Waals surface area contributed by atoms with E-state index in [1.165, 1.54) is 19.3 Å². The summed E-state index contributed by atoms with van der Waals surface area (Å²) in [5, 5.41) is 0. The lowest BCUT2D eigenvalue weighted by Crippen LogP contribution is -2.30. The minimum absolute atomic E-state index is 0.0189. The minimum Gasteiger partial charge on any atom is -0.462 e. The minimum atomic E-state index is -0.603. The van der Waals surface area contributed by atoms with Gasteiger partial charge in [0, 0.05) is 19.4 Å². The average molecular weight is 827 g/mol. The summed E-state index contributed by atoms with van der Waals surface area (Å²) in [6.45, 7) is 7.29. The van der Waals surface area contributed by atoms with Gasteiger partial charge in [-0.3, -0.25) is 9.59 Å². The van der Waals surface area contributed by atoms with Crippen LogP contribution < -0.4 is 0 Å². The van der Waals surface area contributed by atoms with Gasteiger partial charge in [0.25, 0.3) is 0 Å². The van der Waals surface area contributed by atoms with Crippen LogP contribution >= 0.6 is 0 Å². The molecule has 0 saturated carbocycles. The third-order valence-electron chi connectivity index (χ3n) is 9.13. The molecule has 5 nitrogen and oxygen atoms in total. The maximum atomic E-state index is 12.7. The van der Waals surface area contributed by atoms with Gasteiger partial charge in [0.2, 0.25) is 0 Å². The zero-order chi connectivity index (χ0) is 43.5. The molecule has 0 amide bonds. The van der Waals surface area contributed by atoms with Crippen LogP contribution in [0.3, 0.4) is 0 Å². The molecule has 0 bridgehead atoms. The molecule has 0 rings (SSSR count). The second-order valence-electron chi connectivity index (χ2n) is 14.9. The first-order chi connectivity index (χ1) is 29.6. The SMILES string of the molecule is CC/C=C\C/C=C\C/C=C\C/C=C\C/C=C\CCCC(=O)OCC(COCCC/C=C\C/C=C\C/C=C\C/C=C\CC)OC(=O)CCCCCCC/C=C\C/C=C\CCC. The highest BCUT2D eigenvalue weighted by Crippen LogP contribution is 2.11. The molecule has 0 aromatic carbocycles. The highest BCUT2D eigenvalue weighted by molar-refractivity contribution is 5.70. The van der Waals surface area contributed by atoms with Gasteiger partial charge in [-0.2, -0.15) is 0 Å². The van der Waals surface area contributed by atoms with Crippen LogP contribution in [0.25, 0.3) is 0 Å². The van der Waals surface area contributed by atoms with E-state index in [0.29, 0.717) is 25.9 Å². The Morgan fingerprint density at radius 3 is 1.25 bits per heavy atom. The lowest BCUT2D eigenvalue weighted by atomic mass is 10.1. The van der Waals surface area contributed by atoms with E-state index in [0.717, 1.165) is 116 Å². The van der Waals surface area contributed by atoms with Gasteiger partial charge in [-0.05, 0) is 116 Å². The molecular formula is C55H86O5. The molecule has 336 valence electrons. The van der Waals surface area contributed by atoms with Gasteiger partial charge < -0.3 is 14.2 Å². The Hall–Kier alpha value is -3.96. The van der Waals surface area contributed by atoms with Crippen LogP contribution in [0.4, 0.5) is 0 Å². The standard InChI is InChI=1S/C55H86O5/c1-4-7-10-13-16-19-22-25-27-28-29-31-33-36-39-42-45-48-54(56)59-52-53(51-58-50-47-44-41-38-35-32-26-23-20-17-14-11-8-5-2)60-55(57)49-46-43-40-37-34-30-24-21-18-15-12-9-6-3/h7-8,10-12,15-17,19-21,24-27,29,31-32,36,38-39,41,53H,4-6,9,13-14,18,22-23,28,30,33-35,37,40,42-52H2,1-3H3/b10-7-,11-8-,15-12-,19-16-,20-17-,24-21-,27-25-,31-29-,32-26-,39-36-,41-38-. The number of unbranched alkanes of at least 4 members (excludes halogenated alkanes) is 8. The number of hydrogen-bond acceptors (Lipinski definition) is 5. The van der Waals surface area contributed by atoms with Crippen molar-refractivity contribution in [2.75, 3.05) is 19.8 Å². The van der Waals surface area contributed by atoms with E-state index in [1.807, 2.05) is 0 Å². The fourth-order valence-electron chi connectivity index (χ4n) is 5.70. The average Bonchev–Trinajstić information content (AvgIpc) is 3.25. The first kappa shape index (κ1) is 56.0. The predicted octanol–water partition coefficient (Wildman–Crippen LogP) is 16.0. The van der Waals surface area contributed by atoms with Crippen molar-refractivity contribution in [3.05, 3.63) is 134 Å². The van der Waals surface area contributed by atoms with Gasteiger partial charge in [-0.25, -0.2) is 0 Å². The Morgan fingerprint density at radius 2 is 0.767 bits per heavy atom. The van der Waals surface area contributed by atoms with Gasteiger partial charge in [0.1, 0.15) is 6.61 Å². The summed E-state index contributed by atoms with van der Waals surface area (Å²) < 4.78 is 17.2. The van der Waals surface area contributed by atoms with E-state index in [2.05, 4.69) is 154 Å². The molecule has 0 radical (unpaired) electrons. The van der Waals surface area contributed by atoms with Crippen molar-refractivity contribution in [1.29, 1.82) is 0 Å². The number of esters is 2. The molecule has 1 atom stereocenters. The summed E-state index contributed by atoms with van der Waals surface area (Å²) >= 11 is 0. The van der Waals surface area contributed by atoms with Crippen LogP contribution in [0.15, 0.2) is 134 Å². The molecule has 0 aromatic rings. The van der Waals surface area contributed by atoms with Crippen LogP contribution in [-0.2, 0) is 23.8 Å². The Bertz CT molecular complexity index is 1300. The number of ether oxygens (including phenoxy) is 3. The molecule has 0 aromatic heterocycles. The molecule has 5 heteroatoms. The van der Waals surface area contributed by atoms with Gasteiger partial charge in [0.05, 0.1) is 6.61 Å². The summed E-state index contributed by atoms with van der Waals surface area (Å²) in [6.07, 6.45) is 70.4. The Labute approximate surface area is 369 Å². The maximum Gasteiger partial charge on any atom is 0.306 e. The smallest absolute Gasteiger partial charge is 0.306 e. The van der Waals surface area contributed by atoms with Crippen LogP contribution in [0.2, 0.25) is 0 Å². The molecule has 0 aliphatic carbocycles. The van der Waals surface area contributed by atoms with Crippen LogP contribution in [0, 0.1) is 0 Å². The highest BCUT2D eigenvalue weighted by Gasteiger charge is 2.17. The molecule has 0 aliphatic rings. The van der Waals surface area contributed by atoms with Gasteiger partial charge >= 0.3 is 11.9 Å². The normalized spacial score (nSPS) is 13.4. The van der Waals surface area contributed by atoms with E-state index < -0.39 is 6.10 Å². The first-order valence-corrected chi connectivity index (χ1v) is 23.7. The zero-order valence-corrected chi connectivity index (χ0v) is 38.4. The zero-order valence-electron chi connectivity index (χ0n) is 38.4. The topological polar surface area (TPSA) is 61.8 Å². The van der Waals surface area contributed by atoms with Gasteiger partial charge in [-0.15, -0.1) is 0 Å². The summed E-state index contributed by atoms with van der Waals surface area (Å²) in [4.78, 5) is 25.3. The van der Waals surface area contributed by atoms with Crippen molar-refractivity contribution in [2.24, 2.45) is 0 Å². The third kappa shape index (κ3) is 46.7. The fraction of sp³-hybridized carbons (Fsp3) is 0.564. The number of carbonyl (C=O) groups is 2. The molecule has 1 unspecified atom stereocenters. The number of hydrogen-bond donors (Lipinski definition) is 0. The molecule has 60 heavy (non-hydrogen) atoms. The van der Waals surface area contributed by atoms with Crippen molar-refractivity contribution >= 4 is 11.9 Å². The van der Waals surface area contributed by atoms with E-state index in [9.17, 15) is 9.59 Å². The van der Waals surface area contributed by atoms with E-state index in [-0.39, 0.29) is 25.2 Å². The molecule has 0 spiro atoms.